The largest absolute Gasteiger partial charge is 0.491 e. The number of aliphatic carboxylic acids is 1. The average molecular weight is 605 g/mol. The van der Waals surface area contributed by atoms with Crippen LogP contribution in [0.3, 0.4) is 0 Å². The van der Waals surface area contributed by atoms with Crippen molar-refractivity contribution in [2.45, 2.75) is 39.8 Å². The van der Waals surface area contributed by atoms with E-state index in [2.05, 4.69) is 4.99 Å². The Labute approximate surface area is 243 Å². The van der Waals surface area contributed by atoms with E-state index < -0.39 is 24.6 Å². The summed E-state index contributed by atoms with van der Waals surface area (Å²) in [4.78, 5) is 42.7. The Balaban J connectivity index is 1.84. The van der Waals surface area contributed by atoms with E-state index in [0.29, 0.717) is 31.9 Å². The van der Waals surface area contributed by atoms with E-state index >= 15 is 0 Å². The fraction of sp³-hybridized carbons (Fsp3) is 0.286. The minimum Gasteiger partial charge on any atom is -0.491 e. The molecule has 9 nitrogen and oxygen atoms in total. The number of allylic oxidation sites excluding steroid dienone is 1. The van der Waals surface area contributed by atoms with Gasteiger partial charge >= 0.3 is 11.9 Å². The van der Waals surface area contributed by atoms with Gasteiger partial charge in [0.2, 0.25) is 0 Å². The highest BCUT2D eigenvalue weighted by Gasteiger charge is 2.33. The van der Waals surface area contributed by atoms with E-state index in [9.17, 15) is 14.4 Å². The molecule has 3 aromatic rings. The number of carboxylic acid groups (broad SMARTS) is 1. The first-order valence-electron chi connectivity index (χ1n) is 12.3. The van der Waals surface area contributed by atoms with Crippen LogP contribution in [0.25, 0.3) is 6.08 Å². The number of aromatic nitrogens is 1. The van der Waals surface area contributed by atoms with Crippen LogP contribution in [0.15, 0.2) is 57.5 Å². The lowest BCUT2D eigenvalue weighted by atomic mass is 9.96. The molecule has 0 radical (unpaired) electrons. The number of halogens is 2. The molecule has 0 saturated heterocycles. The molecule has 0 fully saturated rings. The summed E-state index contributed by atoms with van der Waals surface area (Å²) >= 11 is 13.7. The Bertz CT molecular complexity index is 1650. The summed E-state index contributed by atoms with van der Waals surface area (Å²) in [5.74, 6) is -1.04. The number of thiazole rings is 1. The fourth-order valence-electron chi connectivity index (χ4n) is 4.19. The zero-order valence-corrected chi connectivity index (χ0v) is 24.4. The van der Waals surface area contributed by atoms with Gasteiger partial charge in [-0.25, -0.2) is 14.6 Å². The third kappa shape index (κ3) is 6.24. The maximum absolute atomic E-state index is 13.8. The summed E-state index contributed by atoms with van der Waals surface area (Å²) in [6.07, 6.45) is 1.59. The van der Waals surface area contributed by atoms with Crippen molar-refractivity contribution in [2.75, 3.05) is 13.2 Å². The van der Waals surface area contributed by atoms with Gasteiger partial charge in [-0.3, -0.25) is 9.36 Å². The molecule has 12 heteroatoms. The smallest absolute Gasteiger partial charge is 0.341 e. The van der Waals surface area contributed by atoms with Crippen LogP contribution in [-0.4, -0.2) is 40.9 Å². The van der Waals surface area contributed by atoms with Crippen molar-refractivity contribution < 1.29 is 28.9 Å². The number of benzene rings is 2. The molecule has 0 saturated carbocycles. The first-order valence-corrected chi connectivity index (χ1v) is 13.9. The number of fused-ring (bicyclic) bond motifs is 1. The highest BCUT2D eigenvalue weighted by Crippen LogP contribution is 2.35. The summed E-state index contributed by atoms with van der Waals surface area (Å²) in [5, 5.41) is 9.05. The van der Waals surface area contributed by atoms with E-state index in [0.717, 1.165) is 11.3 Å². The quantitative estimate of drug-likeness (QED) is 0.361. The van der Waals surface area contributed by atoms with Crippen LogP contribution in [0, 0.1) is 0 Å². The molecule has 2 aromatic carbocycles. The predicted molar refractivity (Wildman–Crippen MR) is 152 cm³/mol. The summed E-state index contributed by atoms with van der Waals surface area (Å²) in [5.41, 5.74) is 1.53. The third-order valence-corrected chi connectivity index (χ3v) is 7.29. The van der Waals surface area contributed by atoms with Crippen molar-refractivity contribution in [1.82, 2.24) is 4.57 Å². The minimum absolute atomic E-state index is 0.0134. The van der Waals surface area contributed by atoms with E-state index in [1.807, 2.05) is 26.0 Å². The van der Waals surface area contributed by atoms with Crippen molar-refractivity contribution >= 4 is 52.6 Å². The molecule has 210 valence electrons. The van der Waals surface area contributed by atoms with Gasteiger partial charge < -0.3 is 19.3 Å². The highest BCUT2D eigenvalue weighted by atomic mass is 35.5. The standard InChI is InChI=1S/C28H26Cl2N2O7S/c1-5-37-27(36)23-15(4)31-28-32(24(23)17-6-8-18(9-7-17)39-14(2)3)26(35)21(40-28)12-16-10-19(29)25(20(30)11-16)38-13-22(33)34/h6-12,14,24H,5,13H2,1-4H3,(H,33,34)/b21-12-/t24-/m0/s1. The number of ether oxygens (including phenoxy) is 3. The van der Waals surface area contributed by atoms with Gasteiger partial charge in [0.25, 0.3) is 5.56 Å². The van der Waals surface area contributed by atoms with Crippen LogP contribution < -0.4 is 24.4 Å². The number of hydrogen-bond donors (Lipinski definition) is 1. The normalized spacial score (nSPS) is 15.1. The second kappa shape index (κ2) is 12.3. The first kappa shape index (κ1) is 29.4. The van der Waals surface area contributed by atoms with Crippen LogP contribution in [0.5, 0.6) is 11.5 Å². The molecule has 2 heterocycles. The number of carbonyl (C=O) groups excluding carboxylic acids is 1. The summed E-state index contributed by atoms with van der Waals surface area (Å²) in [6, 6.07) is 9.47. The molecular weight excluding hydrogens is 579 g/mol. The molecule has 1 aromatic heterocycles. The van der Waals surface area contributed by atoms with Crippen LogP contribution in [0.1, 0.15) is 44.9 Å². The molecule has 0 aliphatic carbocycles. The molecule has 0 amide bonds. The van der Waals surface area contributed by atoms with Crippen molar-refractivity contribution in [3.8, 4) is 11.5 Å². The topological polar surface area (TPSA) is 116 Å². The van der Waals surface area contributed by atoms with Gasteiger partial charge in [-0.2, -0.15) is 0 Å². The lowest BCUT2D eigenvalue weighted by Crippen LogP contribution is -2.39. The molecule has 1 aliphatic rings. The molecule has 1 aliphatic heterocycles. The number of rotatable bonds is 9. The molecule has 0 unspecified atom stereocenters. The lowest BCUT2D eigenvalue weighted by Gasteiger charge is -2.25. The summed E-state index contributed by atoms with van der Waals surface area (Å²) in [6.45, 7) is 6.83. The molecule has 40 heavy (non-hydrogen) atoms. The van der Waals surface area contributed by atoms with Crippen molar-refractivity contribution in [2.24, 2.45) is 4.99 Å². The maximum atomic E-state index is 13.8. The zero-order valence-electron chi connectivity index (χ0n) is 22.1. The molecule has 0 spiro atoms. The monoisotopic (exact) mass is 604 g/mol. The lowest BCUT2D eigenvalue weighted by molar-refractivity contribution is -0.140. The first-order chi connectivity index (χ1) is 19.0. The minimum atomic E-state index is -1.17. The van der Waals surface area contributed by atoms with Gasteiger partial charge in [-0.05, 0) is 69.2 Å². The van der Waals surface area contributed by atoms with Gasteiger partial charge in [0.15, 0.2) is 17.2 Å². The number of carbonyl (C=O) groups is 2. The average Bonchev–Trinajstić information content (AvgIpc) is 3.17. The van der Waals surface area contributed by atoms with Gasteiger partial charge in [0.05, 0.1) is 44.6 Å². The van der Waals surface area contributed by atoms with Gasteiger partial charge in [0.1, 0.15) is 5.75 Å². The predicted octanol–water partition coefficient (Wildman–Crippen LogP) is 4.36. The van der Waals surface area contributed by atoms with Crippen molar-refractivity contribution in [3.05, 3.63) is 88.5 Å². The zero-order chi connectivity index (χ0) is 29.1. The molecule has 0 bridgehead atoms. The maximum Gasteiger partial charge on any atom is 0.341 e. The van der Waals surface area contributed by atoms with Crippen molar-refractivity contribution in [1.29, 1.82) is 0 Å². The number of esters is 1. The number of hydrogen-bond acceptors (Lipinski definition) is 8. The van der Waals surface area contributed by atoms with E-state index in [-0.39, 0.29) is 39.6 Å². The van der Waals surface area contributed by atoms with Gasteiger partial charge in [0, 0.05) is 0 Å². The fourth-order valence-corrected chi connectivity index (χ4v) is 5.85. The Morgan fingerprint density at radius 1 is 1.18 bits per heavy atom. The summed E-state index contributed by atoms with van der Waals surface area (Å²) in [7, 11) is 0. The SMILES string of the molecule is CCOC(=O)C1=C(C)N=c2s/c(=C\c3cc(Cl)c(OCC(=O)O)c(Cl)c3)c(=O)n2[C@H]1c1ccc(OC(C)C)cc1. The van der Waals surface area contributed by atoms with Gasteiger partial charge in [-0.1, -0.05) is 46.7 Å². The van der Waals surface area contributed by atoms with E-state index in [1.165, 1.54) is 16.7 Å². The Morgan fingerprint density at radius 2 is 1.82 bits per heavy atom. The number of nitrogens with zero attached hydrogens (tertiary/aromatic N) is 2. The summed E-state index contributed by atoms with van der Waals surface area (Å²) < 4.78 is 18.1. The van der Waals surface area contributed by atoms with E-state index in [4.69, 9.17) is 42.5 Å². The molecule has 1 atom stereocenters. The third-order valence-electron chi connectivity index (χ3n) is 5.74. The Hall–Kier alpha value is -3.60. The second-order valence-corrected chi connectivity index (χ2v) is 10.9. The number of carboxylic acids is 1. The molecule has 1 N–H and O–H groups in total. The Kier molecular flexibility index (Phi) is 9.02. The molecular formula is C28H26Cl2N2O7S. The van der Waals surface area contributed by atoms with Crippen LogP contribution in [0.4, 0.5) is 0 Å². The highest BCUT2D eigenvalue weighted by molar-refractivity contribution is 7.07. The molecule has 4 rings (SSSR count). The van der Waals surface area contributed by atoms with Crippen molar-refractivity contribution in [3.63, 3.8) is 0 Å². The van der Waals surface area contributed by atoms with Crippen LogP contribution in [0.2, 0.25) is 10.0 Å². The second-order valence-electron chi connectivity index (χ2n) is 9.03. The van der Waals surface area contributed by atoms with Gasteiger partial charge in [-0.15, -0.1) is 0 Å². The van der Waals surface area contributed by atoms with Crippen LogP contribution in [-0.2, 0) is 14.3 Å². The van der Waals surface area contributed by atoms with E-state index in [1.54, 1.807) is 32.1 Å². The van der Waals surface area contributed by atoms with Crippen LogP contribution >= 0.6 is 34.5 Å². The Morgan fingerprint density at radius 3 is 2.40 bits per heavy atom.